The Morgan fingerprint density at radius 3 is 2.82 bits per heavy atom. The highest BCUT2D eigenvalue weighted by Crippen LogP contribution is 2.22. The molecule has 1 aromatic carbocycles. The molecule has 0 N–H and O–H groups in total. The second-order valence-electron chi connectivity index (χ2n) is 5.96. The highest BCUT2D eigenvalue weighted by molar-refractivity contribution is 7.09. The van der Waals surface area contributed by atoms with Crippen molar-refractivity contribution in [1.82, 2.24) is 4.98 Å². The molecule has 22 heavy (non-hydrogen) atoms. The molecule has 0 spiro atoms. The van der Waals surface area contributed by atoms with E-state index >= 15 is 0 Å². The van der Waals surface area contributed by atoms with Crippen LogP contribution in [-0.4, -0.2) is 17.4 Å². The van der Waals surface area contributed by atoms with E-state index in [1.165, 1.54) is 11.3 Å². The summed E-state index contributed by atoms with van der Waals surface area (Å²) in [5.41, 5.74) is 2.12. The second kappa shape index (κ2) is 8.08. The number of nitrogens with zero attached hydrogens (tertiary/aromatic N) is 1. The van der Waals surface area contributed by atoms with Gasteiger partial charge in [-0.15, -0.1) is 11.3 Å². The first kappa shape index (κ1) is 16.7. The standard InChI is InChI=1S/C18H23NO2S/c1-13(2)6-8-21-17-10-14(3)4-5-15(17)11-16(20)12-18-19-7-9-22-18/h4-5,7,9-10,13H,6,8,11-12H2,1-3H3. The number of hydrogen-bond donors (Lipinski definition) is 0. The van der Waals surface area contributed by atoms with Crippen molar-refractivity contribution in [3.8, 4) is 5.75 Å². The van der Waals surface area contributed by atoms with Gasteiger partial charge in [0, 0.05) is 23.6 Å². The molecule has 0 saturated carbocycles. The highest BCUT2D eigenvalue weighted by atomic mass is 32.1. The van der Waals surface area contributed by atoms with Crippen molar-refractivity contribution >= 4 is 17.1 Å². The molecule has 0 amide bonds. The smallest absolute Gasteiger partial charge is 0.144 e. The van der Waals surface area contributed by atoms with Gasteiger partial charge in [0.05, 0.1) is 18.0 Å². The van der Waals surface area contributed by atoms with Crippen molar-refractivity contribution in [2.75, 3.05) is 6.61 Å². The minimum atomic E-state index is 0.174. The molecule has 0 bridgehead atoms. The van der Waals surface area contributed by atoms with E-state index in [0.717, 1.165) is 28.3 Å². The number of carbonyl (C=O) groups excluding carboxylic acids is 1. The summed E-state index contributed by atoms with van der Waals surface area (Å²) in [5.74, 6) is 1.63. The summed E-state index contributed by atoms with van der Waals surface area (Å²) in [6.07, 6.45) is 3.55. The molecule has 2 rings (SSSR count). The van der Waals surface area contributed by atoms with Crippen LogP contribution in [0.5, 0.6) is 5.75 Å². The third-order valence-corrected chi connectivity index (χ3v) is 4.17. The monoisotopic (exact) mass is 317 g/mol. The van der Waals surface area contributed by atoms with Gasteiger partial charge in [-0.2, -0.15) is 0 Å². The molecular weight excluding hydrogens is 294 g/mol. The van der Waals surface area contributed by atoms with E-state index in [9.17, 15) is 4.79 Å². The number of carbonyl (C=O) groups is 1. The Hall–Kier alpha value is -1.68. The fraction of sp³-hybridized carbons (Fsp3) is 0.444. The number of hydrogen-bond acceptors (Lipinski definition) is 4. The zero-order valence-corrected chi connectivity index (χ0v) is 14.3. The Balaban J connectivity index is 2.01. The molecule has 0 aliphatic heterocycles. The van der Waals surface area contributed by atoms with Crippen LogP contribution in [0.3, 0.4) is 0 Å². The van der Waals surface area contributed by atoms with Gasteiger partial charge < -0.3 is 4.74 Å². The van der Waals surface area contributed by atoms with Crippen LogP contribution in [0.25, 0.3) is 0 Å². The van der Waals surface area contributed by atoms with Gasteiger partial charge in [0.25, 0.3) is 0 Å². The average Bonchev–Trinajstić information content (AvgIpc) is 2.94. The lowest BCUT2D eigenvalue weighted by Crippen LogP contribution is -2.09. The van der Waals surface area contributed by atoms with E-state index in [1.54, 1.807) is 6.20 Å². The lowest BCUT2D eigenvalue weighted by molar-refractivity contribution is -0.117. The minimum absolute atomic E-state index is 0.174. The average molecular weight is 317 g/mol. The van der Waals surface area contributed by atoms with Crippen LogP contribution in [0, 0.1) is 12.8 Å². The van der Waals surface area contributed by atoms with E-state index in [-0.39, 0.29) is 5.78 Å². The third-order valence-electron chi connectivity index (χ3n) is 3.39. The van der Waals surface area contributed by atoms with Gasteiger partial charge in [-0.3, -0.25) is 4.79 Å². The number of benzene rings is 1. The topological polar surface area (TPSA) is 39.2 Å². The van der Waals surface area contributed by atoms with E-state index in [0.29, 0.717) is 25.4 Å². The lowest BCUT2D eigenvalue weighted by Gasteiger charge is -2.13. The Morgan fingerprint density at radius 2 is 2.14 bits per heavy atom. The molecule has 0 unspecified atom stereocenters. The summed E-state index contributed by atoms with van der Waals surface area (Å²) < 4.78 is 5.90. The van der Waals surface area contributed by atoms with Crippen molar-refractivity contribution in [3.63, 3.8) is 0 Å². The first-order valence-corrected chi connectivity index (χ1v) is 8.55. The fourth-order valence-corrected chi connectivity index (χ4v) is 2.78. The quantitative estimate of drug-likeness (QED) is 0.731. The number of aryl methyl sites for hydroxylation is 1. The maximum absolute atomic E-state index is 12.2. The van der Waals surface area contributed by atoms with Gasteiger partial charge in [-0.1, -0.05) is 26.0 Å². The molecule has 1 aromatic heterocycles. The maximum Gasteiger partial charge on any atom is 0.144 e. The molecular formula is C18H23NO2S. The first-order chi connectivity index (χ1) is 10.5. The second-order valence-corrected chi connectivity index (χ2v) is 6.94. The Bertz CT molecular complexity index is 606. The molecule has 4 heteroatoms. The van der Waals surface area contributed by atoms with Crippen LogP contribution in [0.1, 0.15) is 36.4 Å². The van der Waals surface area contributed by atoms with Crippen molar-refractivity contribution < 1.29 is 9.53 Å². The van der Waals surface area contributed by atoms with Crippen LogP contribution in [0.15, 0.2) is 29.8 Å². The number of Topliss-reactive ketones (excluding diaryl/α,β-unsaturated/α-hetero) is 1. The number of aromatic nitrogens is 1. The first-order valence-electron chi connectivity index (χ1n) is 7.67. The summed E-state index contributed by atoms with van der Waals surface area (Å²) in [6.45, 7) is 7.08. The van der Waals surface area contributed by atoms with Gasteiger partial charge >= 0.3 is 0 Å². The Morgan fingerprint density at radius 1 is 1.32 bits per heavy atom. The van der Waals surface area contributed by atoms with Gasteiger partial charge in [0.15, 0.2) is 0 Å². The molecule has 3 nitrogen and oxygen atoms in total. The van der Waals surface area contributed by atoms with Crippen molar-refractivity contribution in [2.24, 2.45) is 5.92 Å². The zero-order chi connectivity index (χ0) is 15.9. The largest absolute Gasteiger partial charge is 0.493 e. The summed E-state index contributed by atoms with van der Waals surface area (Å²) in [7, 11) is 0. The van der Waals surface area contributed by atoms with Crippen LogP contribution < -0.4 is 4.74 Å². The predicted octanol–water partition coefficient (Wildman–Crippen LogP) is 4.23. The summed E-state index contributed by atoms with van der Waals surface area (Å²) in [6, 6.07) is 6.05. The number of ketones is 1. The summed E-state index contributed by atoms with van der Waals surface area (Å²) in [5, 5.41) is 2.77. The fourth-order valence-electron chi connectivity index (χ4n) is 2.13. The lowest BCUT2D eigenvalue weighted by atomic mass is 10.0. The van der Waals surface area contributed by atoms with Crippen LogP contribution in [0.2, 0.25) is 0 Å². The molecule has 2 aromatic rings. The zero-order valence-electron chi connectivity index (χ0n) is 13.5. The molecule has 0 aliphatic rings. The van der Waals surface area contributed by atoms with E-state index in [4.69, 9.17) is 4.74 Å². The van der Waals surface area contributed by atoms with E-state index < -0.39 is 0 Å². The van der Waals surface area contributed by atoms with Crippen LogP contribution in [-0.2, 0) is 17.6 Å². The molecule has 0 fully saturated rings. The van der Waals surface area contributed by atoms with Gasteiger partial charge in [-0.25, -0.2) is 4.98 Å². The summed E-state index contributed by atoms with van der Waals surface area (Å²) >= 11 is 1.52. The van der Waals surface area contributed by atoms with Crippen molar-refractivity contribution in [1.29, 1.82) is 0 Å². The Kier molecular flexibility index (Phi) is 6.13. The molecule has 1 heterocycles. The number of rotatable bonds is 8. The van der Waals surface area contributed by atoms with Gasteiger partial charge in [-0.05, 0) is 30.9 Å². The molecule has 0 radical (unpaired) electrons. The van der Waals surface area contributed by atoms with Crippen LogP contribution >= 0.6 is 11.3 Å². The SMILES string of the molecule is Cc1ccc(CC(=O)Cc2nccs2)c(OCCC(C)C)c1. The normalized spacial score (nSPS) is 10.9. The molecule has 0 aliphatic carbocycles. The molecule has 118 valence electrons. The third kappa shape index (κ3) is 5.26. The van der Waals surface area contributed by atoms with E-state index in [2.05, 4.69) is 18.8 Å². The minimum Gasteiger partial charge on any atom is -0.493 e. The van der Waals surface area contributed by atoms with E-state index in [1.807, 2.05) is 30.5 Å². The highest BCUT2D eigenvalue weighted by Gasteiger charge is 2.12. The van der Waals surface area contributed by atoms with Crippen molar-refractivity contribution in [3.05, 3.63) is 45.9 Å². The maximum atomic E-state index is 12.2. The van der Waals surface area contributed by atoms with Crippen molar-refractivity contribution in [2.45, 2.75) is 40.0 Å². The number of thiazole rings is 1. The van der Waals surface area contributed by atoms with Crippen LogP contribution in [0.4, 0.5) is 0 Å². The number of ether oxygens (including phenoxy) is 1. The predicted molar refractivity (Wildman–Crippen MR) is 90.7 cm³/mol. The summed E-state index contributed by atoms with van der Waals surface area (Å²) in [4.78, 5) is 16.4. The van der Waals surface area contributed by atoms with Gasteiger partial charge in [0.1, 0.15) is 11.5 Å². The molecule has 0 saturated heterocycles. The molecule has 0 atom stereocenters. The Labute approximate surface area is 136 Å². The van der Waals surface area contributed by atoms with Gasteiger partial charge in [0.2, 0.25) is 0 Å².